The molecule has 1 saturated heterocycles. The summed E-state index contributed by atoms with van der Waals surface area (Å²) < 4.78 is 10.5. The van der Waals surface area contributed by atoms with Crippen molar-refractivity contribution in [2.45, 2.75) is 12.5 Å². The lowest BCUT2D eigenvalue weighted by molar-refractivity contribution is -0.139. The second-order valence-corrected chi connectivity index (χ2v) is 6.75. The summed E-state index contributed by atoms with van der Waals surface area (Å²) in [4.78, 5) is 26.0. The Morgan fingerprint density at radius 3 is 3.14 bits per heavy atom. The van der Waals surface area contributed by atoms with Crippen molar-refractivity contribution in [2.24, 2.45) is 5.73 Å². The van der Waals surface area contributed by atoms with Gasteiger partial charge in [-0.1, -0.05) is 24.3 Å². The van der Waals surface area contributed by atoms with Crippen molar-refractivity contribution in [2.75, 3.05) is 38.3 Å². The van der Waals surface area contributed by atoms with Crippen LogP contribution >= 0.6 is 0 Å². The number of hydrogen-bond donors (Lipinski definition) is 2. The first kappa shape index (κ1) is 18.4. The first-order valence-electron chi connectivity index (χ1n) is 9.24. The largest absolute Gasteiger partial charge is 0.469 e. The zero-order chi connectivity index (χ0) is 19.5. The maximum absolute atomic E-state index is 11.6. The Bertz CT molecular complexity index is 987. The molecule has 1 atom stereocenters. The van der Waals surface area contributed by atoms with E-state index in [1.54, 1.807) is 6.33 Å². The Morgan fingerprint density at radius 2 is 2.32 bits per heavy atom. The summed E-state index contributed by atoms with van der Waals surface area (Å²) in [5.41, 5.74) is 9.45. The lowest BCUT2D eigenvalue weighted by Crippen LogP contribution is -2.46. The van der Waals surface area contributed by atoms with Gasteiger partial charge in [0.1, 0.15) is 17.8 Å². The number of benzene rings is 1. The number of esters is 1. The number of carbonyl (C=O) groups excluding carboxylic acids is 1. The monoisotopic (exact) mass is 381 g/mol. The molecular weight excluding hydrogens is 358 g/mol. The highest BCUT2D eigenvalue weighted by Crippen LogP contribution is 2.34. The number of anilines is 1. The third-order valence-corrected chi connectivity index (χ3v) is 4.97. The number of aromatic nitrogens is 3. The van der Waals surface area contributed by atoms with Crippen LogP contribution < -0.4 is 10.6 Å². The maximum atomic E-state index is 11.6. The number of nitrogens with one attached hydrogen (secondary N) is 1. The molecule has 2 aromatic heterocycles. The highest BCUT2D eigenvalue weighted by atomic mass is 16.5. The number of methoxy groups -OCH3 is 1. The molecule has 146 valence electrons. The molecule has 0 saturated carbocycles. The quantitative estimate of drug-likeness (QED) is 0.645. The van der Waals surface area contributed by atoms with Crippen LogP contribution in [0.25, 0.3) is 22.2 Å². The topological polar surface area (TPSA) is 106 Å². The molecule has 3 heterocycles. The van der Waals surface area contributed by atoms with Gasteiger partial charge in [-0.15, -0.1) is 0 Å². The predicted molar refractivity (Wildman–Crippen MR) is 106 cm³/mol. The minimum absolute atomic E-state index is 0.00968. The molecule has 28 heavy (non-hydrogen) atoms. The van der Waals surface area contributed by atoms with E-state index in [1.807, 2.05) is 30.5 Å². The number of nitrogens with zero attached hydrogens (tertiary/aromatic N) is 3. The van der Waals surface area contributed by atoms with Gasteiger partial charge in [0.2, 0.25) is 0 Å². The number of aromatic amines is 1. The molecule has 0 spiro atoms. The van der Waals surface area contributed by atoms with Gasteiger partial charge in [-0.25, -0.2) is 9.97 Å². The summed E-state index contributed by atoms with van der Waals surface area (Å²) in [5.74, 6) is 0.600. The summed E-state index contributed by atoms with van der Waals surface area (Å²) in [6, 6.07) is 7.87. The molecule has 0 aliphatic carbocycles. The first-order valence-corrected chi connectivity index (χ1v) is 9.24. The van der Waals surface area contributed by atoms with E-state index in [4.69, 9.17) is 15.2 Å². The van der Waals surface area contributed by atoms with Crippen molar-refractivity contribution in [3.05, 3.63) is 42.4 Å². The second-order valence-electron chi connectivity index (χ2n) is 6.75. The molecule has 1 unspecified atom stereocenters. The zero-order valence-corrected chi connectivity index (χ0v) is 15.7. The fourth-order valence-corrected chi connectivity index (χ4v) is 3.56. The van der Waals surface area contributed by atoms with Crippen molar-refractivity contribution in [3.63, 3.8) is 0 Å². The third-order valence-electron chi connectivity index (χ3n) is 4.97. The van der Waals surface area contributed by atoms with Crippen molar-refractivity contribution in [1.29, 1.82) is 0 Å². The number of nitrogens with two attached hydrogens (primary N) is 1. The average Bonchev–Trinajstić information content (AvgIpc) is 3.18. The number of rotatable bonds is 5. The maximum Gasteiger partial charge on any atom is 0.309 e. The van der Waals surface area contributed by atoms with Crippen LogP contribution in [0.15, 0.2) is 36.8 Å². The predicted octanol–water partition coefficient (Wildman–Crippen LogP) is 1.50. The molecule has 1 aliphatic heterocycles. The number of H-pyrrole nitrogens is 1. The van der Waals surface area contributed by atoms with E-state index in [0.717, 1.165) is 40.1 Å². The van der Waals surface area contributed by atoms with Crippen LogP contribution in [0.4, 0.5) is 5.82 Å². The van der Waals surface area contributed by atoms with E-state index in [2.05, 4.69) is 19.9 Å². The van der Waals surface area contributed by atoms with E-state index in [1.165, 1.54) is 7.11 Å². The Hall–Kier alpha value is -2.97. The van der Waals surface area contributed by atoms with Crippen molar-refractivity contribution < 1.29 is 14.3 Å². The van der Waals surface area contributed by atoms with Crippen LogP contribution in [0.1, 0.15) is 5.56 Å². The summed E-state index contributed by atoms with van der Waals surface area (Å²) in [6.45, 7) is 2.52. The van der Waals surface area contributed by atoms with Crippen LogP contribution in [0.3, 0.4) is 0 Å². The van der Waals surface area contributed by atoms with Gasteiger partial charge in [-0.3, -0.25) is 4.79 Å². The number of fused-ring (bicyclic) bond motifs is 1. The Kier molecular flexibility index (Phi) is 5.23. The first-order chi connectivity index (χ1) is 13.7. The van der Waals surface area contributed by atoms with Crippen LogP contribution in [-0.4, -0.2) is 60.4 Å². The van der Waals surface area contributed by atoms with Gasteiger partial charge in [0.05, 0.1) is 31.6 Å². The lowest BCUT2D eigenvalue weighted by atomic mass is 10.0. The highest BCUT2D eigenvalue weighted by molar-refractivity contribution is 6.01. The fourth-order valence-electron chi connectivity index (χ4n) is 3.56. The smallest absolute Gasteiger partial charge is 0.309 e. The van der Waals surface area contributed by atoms with Gasteiger partial charge in [0, 0.05) is 31.4 Å². The van der Waals surface area contributed by atoms with Gasteiger partial charge < -0.3 is 25.1 Å². The molecular formula is C20H23N5O3. The molecule has 3 N–H and O–H groups in total. The Balaban J connectivity index is 1.75. The zero-order valence-electron chi connectivity index (χ0n) is 15.7. The van der Waals surface area contributed by atoms with Crippen LogP contribution in [0.2, 0.25) is 0 Å². The fraction of sp³-hybridized carbons (Fsp3) is 0.350. The summed E-state index contributed by atoms with van der Waals surface area (Å²) in [7, 11) is 1.40. The highest BCUT2D eigenvalue weighted by Gasteiger charge is 2.24. The van der Waals surface area contributed by atoms with Crippen LogP contribution in [0, 0.1) is 0 Å². The SMILES string of the molecule is COC(=O)Cc1cccc(-c2c[nH]c3ncnc(N4CCOC(CN)C4)c23)c1. The Labute approximate surface area is 162 Å². The van der Waals surface area contributed by atoms with E-state index in [0.29, 0.717) is 19.7 Å². The molecule has 1 fully saturated rings. The molecule has 1 aliphatic rings. The normalized spacial score (nSPS) is 17.1. The second kappa shape index (κ2) is 7.95. The van der Waals surface area contributed by atoms with E-state index >= 15 is 0 Å². The molecule has 0 amide bonds. The number of ether oxygens (including phenoxy) is 2. The van der Waals surface area contributed by atoms with Gasteiger partial charge in [-0.2, -0.15) is 0 Å². The van der Waals surface area contributed by atoms with E-state index < -0.39 is 0 Å². The van der Waals surface area contributed by atoms with Crippen molar-refractivity contribution >= 4 is 22.8 Å². The summed E-state index contributed by atoms with van der Waals surface area (Å²) >= 11 is 0. The molecule has 8 nitrogen and oxygen atoms in total. The lowest BCUT2D eigenvalue weighted by Gasteiger charge is -2.33. The van der Waals surface area contributed by atoms with Crippen LogP contribution in [-0.2, 0) is 20.7 Å². The van der Waals surface area contributed by atoms with Crippen molar-refractivity contribution in [1.82, 2.24) is 15.0 Å². The van der Waals surface area contributed by atoms with Gasteiger partial charge >= 0.3 is 5.97 Å². The van der Waals surface area contributed by atoms with E-state index in [-0.39, 0.29) is 18.5 Å². The summed E-state index contributed by atoms with van der Waals surface area (Å²) in [6.07, 6.45) is 3.72. The standard InChI is InChI=1S/C20H23N5O3/c1-27-17(26)8-13-3-2-4-14(7-13)16-10-22-19-18(16)20(24-12-23-19)25-5-6-28-15(9-21)11-25/h2-4,7,10,12,15H,5-6,8-9,11,21H2,1H3,(H,22,23,24). The molecule has 1 aromatic carbocycles. The average molecular weight is 381 g/mol. The van der Waals surface area contributed by atoms with Crippen LogP contribution in [0.5, 0.6) is 0 Å². The number of morpholine rings is 1. The Morgan fingerprint density at radius 1 is 1.43 bits per heavy atom. The van der Waals surface area contributed by atoms with Crippen molar-refractivity contribution in [3.8, 4) is 11.1 Å². The minimum Gasteiger partial charge on any atom is -0.469 e. The van der Waals surface area contributed by atoms with Gasteiger partial charge in [0.15, 0.2) is 0 Å². The van der Waals surface area contributed by atoms with Gasteiger partial charge in [-0.05, 0) is 11.1 Å². The molecule has 8 heteroatoms. The van der Waals surface area contributed by atoms with E-state index in [9.17, 15) is 4.79 Å². The number of carbonyl (C=O) groups is 1. The molecule has 0 bridgehead atoms. The summed E-state index contributed by atoms with van der Waals surface area (Å²) in [5, 5.41) is 0.954. The molecule has 4 rings (SSSR count). The minimum atomic E-state index is -0.263. The van der Waals surface area contributed by atoms with Gasteiger partial charge in [0.25, 0.3) is 0 Å². The molecule has 0 radical (unpaired) electrons. The third kappa shape index (κ3) is 3.56. The number of hydrogen-bond acceptors (Lipinski definition) is 7. The molecule has 3 aromatic rings.